The first-order valence-corrected chi connectivity index (χ1v) is 9.53. The van der Waals surface area contributed by atoms with Crippen molar-refractivity contribution in [2.24, 2.45) is 5.41 Å². The predicted molar refractivity (Wildman–Crippen MR) is 101 cm³/mol. The molecule has 4 fully saturated rings. The molecule has 148 valence electrons. The van der Waals surface area contributed by atoms with E-state index in [1.807, 2.05) is 24.3 Å². The lowest BCUT2D eigenvalue weighted by molar-refractivity contribution is -0.260. The number of oxazole rings is 1. The Balaban J connectivity index is 1.17. The molecule has 0 radical (unpaired) electrons. The largest absolute Gasteiger partial charge is 0.425 e. The van der Waals surface area contributed by atoms with Crippen molar-refractivity contribution in [3.05, 3.63) is 30.5 Å². The second-order valence-electron chi connectivity index (χ2n) is 7.83. The smallest absolute Gasteiger partial charge is 0.312 e. The van der Waals surface area contributed by atoms with Gasteiger partial charge in [0.15, 0.2) is 0 Å². The van der Waals surface area contributed by atoms with Crippen molar-refractivity contribution in [1.82, 2.24) is 4.98 Å². The summed E-state index contributed by atoms with van der Waals surface area (Å²) in [6.45, 7) is 3.27. The summed E-state index contributed by atoms with van der Waals surface area (Å²) in [7, 11) is 1.70. The summed E-state index contributed by atoms with van der Waals surface area (Å²) in [6.07, 6.45) is 3.76. The number of benzene rings is 1. The molecule has 1 aromatic carbocycles. The number of ether oxygens (including phenoxy) is 3. The lowest BCUT2D eigenvalue weighted by Gasteiger charge is -2.67. The Labute approximate surface area is 162 Å². The summed E-state index contributed by atoms with van der Waals surface area (Å²) < 4.78 is 22.0. The van der Waals surface area contributed by atoms with Gasteiger partial charge >= 0.3 is 12.0 Å². The SMILES string of the molecule is COC12CC(C(=O)Nc3ncc(Oc4ccc(N5CCOCC5)cc4)o3)(C1)C2. The van der Waals surface area contributed by atoms with Gasteiger partial charge in [-0.25, -0.2) is 0 Å². The first-order valence-electron chi connectivity index (χ1n) is 9.53. The van der Waals surface area contributed by atoms with Gasteiger partial charge in [-0.1, -0.05) is 0 Å². The van der Waals surface area contributed by atoms with Crippen LogP contribution in [-0.4, -0.2) is 49.9 Å². The number of rotatable bonds is 6. The van der Waals surface area contributed by atoms with Gasteiger partial charge in [0, 0.05) is 25.9 Å². The third-order valence-electron chi connectivity index (χ3n) is 6.03. The van der Waals surface area contributed by atoms with Gasteiger partial charge in [-0.05, 0) is 43.5 Å². The minimum atomic E-state index is -0.319. The number of hydrogen-bond acceptors (Lipinski definition) is 7. The summed E-state index contributed by atoms with van der Waals surface area (Å²) in [5, 5.41) is 2.75. The summed E-state index contributed by atoms with van der Waals surface area (Å²) in [6, 6.07) is 7.94. The van der Waals surface area contributed by atoms with E-state index in [2.05, 4.69) is 15.2 Å². The normalized spacial score (nSPS) is 28.2. The van der Waals surface area contributed by atoms with Crippen molar-refractivity contribution >= 4 is 17.6 Å². The van der Waals surface area contributed by atoms with Gasteiger partial charge in [-0.2, -0.15) is 4.98 Å². The molecule has 2 heterocycles. The predicted octanol–water partition coefficient (Wildman–Crippen LogP) is 2.81. The van der Waals surface area contributed by atoms with E-state index in [-0.39, 0.29) is 28.9 Å². The van der Waals surface area contributed by atoms with Crippen LogP contribution in [0.4, 0.5) is 11.7 Å². The summed E-state index contributed by atoms with van der Waals surface area (Å²) in [5.41, 5.74) is 0.740. The van der Waals surface area contributed by atoms with Crippen molar-refractivity contribution in [1.29, 1.82) is 0 Å². The Kier molecular flexibility index (Phi) is 4.06. The second kappa shape index (κ2) is 6.49. The van der Waals surface area contributed by atoms with Crippen LogP contribution in [0.3, 0.4) is 0 Å². The average molecular weight is 385 g/mol. The Morgan fingerprint density at radius 2 is 1.89 bits per heavy atom. The van der Waals surface area contributed by atoms with E-state index in [4.69, 9.17) is 18.6 Å². The highest BCUT2D eigenvalue weighted by Crippen LogP contribution is 2.69. The van der Waals surface area contributed by atoms with Crippen LogP contribution in [0.5, 0.6) is 11.7 Å². The third-order valence-corrected chi connectivity index (χ3v) is 6.03. The lowest BCUT2D eigenvalue weighted by Crippen LogP contribution is -2.72. The number of aromatic nitrogens is 1. The highest BCUT2D eigenvalue weighted by molar-refractivity contribution is 5.96. The zero-order chi connectivity index (χ0) is 19.2. The Bertz CT molecular complexity index is 852. The van der Waals surface area contributed by atoms with E-state index in [1.54, 1.807) is 7.11 Å². The van der Waals surface area contributed by atoms with E-state index >= 15 is 0 Å². The van der Waals surface area contributed by atoms with Gasteiger partial charge in [-0.15, -0.1) is 0 Å². The Morgan fingerprint density at radius 3 is 2.57 bits per heavy atom. The van der Waals surface area contributed by atoms with Crippen LogP contribution in [-0.2, 0) is 14.3 Å². The standard InChI is InChI=1S/C20H23N3O5/c1-25-20-11-19(12-20,13-20)17(24)22-18-21-10-16(28-18)27-15-4-2-14(3-5-15)23-6-8-26-9-7-23/h2-5,10H,6-9,11-13H2,1H3,(H,21,22,24). The van der Waals surface area contributed by atoms with E-state index < -0.39 is 0 Å². The molecule has 3 saturated carbocycles. The molecule has 8 heteroatoms. The first-order chi connectivity index (χ1) is 13.6. The molecule has 4 aliphatic rings. The summed E-state index contributed by atoms with van der Waals surface area (Å²) in [4.78, 5) is 18.8. The van der Waals surface area contributed by atoms with Crippen LogP contribution in [0.15, 0.2) is 34.9 Å². The zero-order valence-electron chi connectivity index (χ0n) is 15.8. The molecule has 1 aliphatic heterocycles. The molecular formula is C20H23N3O5. The van der Waals surface area contributed by atoms with Crippen LogP contribution in [0.25, 0.3) is 0 Å². The molecular weight excluding hydrogens is 362 g/mol. The maximum Gasteiger partial charge on any atom is 0.312 e. The maximum atomic E-state index is 12.4. The van der Waals surface area contributed by atoms with E-state index in [0.29, 0.717) is 5.75 Å². The number of morpholine rings is 1. The highest BCUT2D eigenvalue weighted by Gasteiger charge is 2.72. The van der Waals surface area contributed by atoms with Crippen LogP contribution >= 0.6 is 0 Å². The van der Waals surface area contributed by atoms with Gasteiger partial charge in [0.1, 0.15) is 11.9 Å². The van der Waals surface area contributed by atoms with Gasteiger partial charge < -0.3 is 23.5 Å². The topological polar surface area (TPSA) is 86.1 Å². The summed E-state index contributed by atoms with van der Waals surface area (Å²) in [5.74, 6) is 0.822. The van der Waals surface area contributed by atoms with Crippen LogP contribution in [0.1, 0.15) is 19.3 Å². The quantitative estimate of drug-likeness (QED) is 0.818. The monoisotopic (exact) mass is 385 g/mol. The van der Waals surface area contributed by atoms with Gasteiger partial charge in [-0.3, -0.25) is 10.1 Å². The number of methoxy groups -OCH3 is 1. The van der Waals surface area contributed by atoms with E-state index in [1.165, 1.54) is 6.20 Å². The molecule has 6 rings (SSSR count). The molecule has 2 aromatic rings. The van der Waals surface area contributed by atoms with Gasteiger partial charge in [0.25, 0.3) is 0 Å². The van der Waals surface area contributed by atoms with E-state index in [9.17, 15) is 4.79 Å². The molecule has 0 atom stereocenters. The molecule has 28 heavy (non-hydrogen) atoms. The van der Waals surface area contributed by atoms with Gasteiger partial charge in [0.05, 0.1) is 24.2 Å². The van der Waals surface area contributed by atoms with Crippen molar-refractivity contribution in [3.8, 4) is 11.7 Å². The molecule has 1 aromatic heterocycles. The molecule has 1 N–H and O–H groups in total. The molecule has 0 unspecified atom stereocenters. The van der Waals surface area contributed by atoms with Crippen molar-refractivity contribution in [2.75, 3.05) is 43.6 Å². The fourth-order valence-corrected chi connectivity index (χ4v) is 4.41. The average Bonchev–Trinajstić information content (AvgIpc) is 3.08. The fourth-order valence-electron chi connectivity index (χ4n) is 4.41. The maximum absolute atomic E-state index is 12.4. The van der Waals surface area contributed by atoms with Crippen molar-refractivity contribution in [2.45, 2.75) is 24.9 Å². The summed E-state index contributed by atoms with van der Waals surface area (Å²) >= 11 is 0. The van der Waals surface area contributed by atoms with E-state index in [0.717, 1.165) is 51.3 Å². The molecule has 0 spiro atoms. The minimum Gasteiger partial charge on any atom is -0.425 e. The molecule has 3 aliphatic carbocycles. The molecule has 2 bridgehead atoms. The zero-order valence-corrected chi connectivity index (χ0v) is 15.8. The lowest BCUT2D eigenvalue weighted by atomic mass is 9.41. The number of amides is 1. The number of nitrogens with one attached hydrogen (secondary N) is 1. The van der Waals surface area contributed by atoms with Crippen molar-refractivity contribution < 1.29 is 23.4 Å². The van der Waals surface area contributed by atoms with Crippen molar-refractivity contribution in [3.63, 3.8) is 0 Å². The molecule has 1 amide bonds. The number of nitrogens with zero attached hydrogens (tertiary/aromatic N) is 2. The number of anilines is 2. The van der Waals surface area contributed by atoms with Crippen LogP contribution < -0.4 is 15.0 Å². The fraction of sp³-hybridized carbons (Fsp3) is 0.500. The van der Waals surface area contributed by atoms with Crippen LogP contribution in [0.2, 0.25) is 0 Å². The first kappa shape index (κ1) is 17.5. The van der Waals surface area contributed by atoms with Gasteiger partial charge in [0.2, 0.25) is 5.91 Å². The third kappa shape index (κ3) is 2.93. The minimum absolute atomic E-state index is 0.0605. The molecule has 8 nitrogen and oxygen atoms in total. The highest BCUT2D eigenvalue weighted by atomic mass is 16.6. The Morgan fingerprint density at radius 1 is 1.18 bits per heavy atom. The number of carbonyl (C=O) groups is 1. The number of hydrogen-bond donors (Lipinski definition) is 1. The van der Waals surface area contributed by atoms with Crippen LogP contribution in [0, 0.1) is 5.41 Å². The molecule has 1 saturated heterocycles. The number of carbonyl (C=O) groups excluding carboxylic acids is 1. The second-order valence-corrected chi connectivity index (χ2v) is 7.83. The Hall–Kier alpha value is -2.58.